The topological polar surface area (TPSA) is 12.0 Å². The first kappa shape index (κ1) is 11.0. The van der Waals surface area contributed by atoms with Gasteiger partial charge >= 0.3 is 0 Å². The van der Waals surface area contributed by atoms with Crippen LogP contribution in [0.1, 0.15) is 52.9 Å². The Morgan fingerprint density at radius 1 is 1.31 bits per heavy atom. The molecule has 0 aromatic rings. The molecule has 0 amide bonds. The van der Waals surface area contributed by atoms with Gasteiger partial charge in [0.25, 0.3) is 0 Å². The van der Waals surface area contributed by atoms with Gasteiger partial charge in [0, 0.05) is 6.04 Å². The van der Waals surface area contributed by atoms with Crippen molar-refractivity contribution in [2.45, 2.75) is 58.9 Å². The summed E-state index contributed by atoms with van der Waals surface area (Å²) in [7, 11) is 0. The van der Waals surface area contributed by atoms with E-state index in [1.807, 2.05) is 0 Å². The zero-order valence-electron chi connectivity index (χ0n) is 9.47. The van der Waals surface area contributed by atoms with Crippen molar-refractivity contribution in [3.8, 4) is 0 Å². The first-order chi connectivity index (χ1) is 6.24. The van der Waals surface area contributed by atoms with Crippen LogP contribution in [0.4, 0.5) is 0 Å². The maximum absolute atomic E-state index is 3.67. The normalized spacial score (nSPS) is 22.4. The fourth-order valence-electron chi connectivity index (χ4n) is 2.09. The Morgan fingerprint density at radius 3 is 2.46 bits per heavy atom. The van der Waals surface area contributed by atoms with Crippen LogP contribution in [-0.2, 0) is 0 Å². The predicted molar refractivity (Wildman–Crippen MR) is 58.9 cm³/mol. The molecule has 2 unspecified atom stereocenters. The number of hydrogen-bond donors (Lipinski definition) is 1. The predicted octanol–water partition coefficient (Wildman–Crippen LogP) is 3.20. The standard InChI is InChI=1S/C12H25N/c1-4-6-10(2)9-13-11(3)12-7-5-8-12/h10-13H,4-9H2,1-3H3. The van der Waals surface area contributed by atoms with E-state index in [1.165, 1.54) is 38.6 Å². The van der Waals surface area contributed by atoms with Gasteiger partial charge in [0.2, 0.25) is 0 Å². The Morgan fingerprint density at radius 2 is 2.00 bits per heavy atom. The summed E-state index contributed by atoms with van der Waals surface area (Å²) < 4.78 is 0. The smallest absolute Gasteiger partial charge is 0.00671 e. The summed E-state index contributed by atoms with van der Waals surface area (Å²) in [5.41, 5.74) is 0. The van der Waals surface area contributed by atoms with Gasteiger partial charge in [-0.1, -0.05) is 26.7 Å². The minimum Gasteiger partial charge on any atom is -0.314 e. The molecule has 0 aromatic carbocycles. The Labute approximate surface area is 83.3 Å². The van der Waals surface area contributed by atoms with Gasteiger partial charge in [0.05, 0.1) is 0 Å². The summed E-state index contributed by atoms with van der Waals surface area (Å²) in [6.07, 6.45) is 7.05. The summed E-state index contributed by atoms with van der Waals surface area (Å²) >= 11 is 0. The van der Waals surface area contributed by atoms with Crippen molar-refractivity contribution in [3.63, 3.8) is 0 Å². The van der Waals surface area contributed by atoms with Gasteiger partial charge < -0.3 is 5.32 Å². The molecule has 1 fully saturated rings. The van der Waals surface area contributed by atoms with Crippen LogP contribution >= 0.6 is 0 Å². The molecule has 0 radical (unpaired) electrons. The molecule has 0 spiro atoms. The lowest BCUT2D eigenvalue weighted by Crippen LogP contribution is -2.39. The van der Waals surface area contributed by atoms with E-state index in [0.29, 0.717) is 0 Å². The first-order valence-electron chi connectivity index (χ1n) is 5.97. The molecule has 0 heterocycles. The summed E-state index contributed by atoms with van der Waals surface area (Å²) in [5.74, 6) is 1.83. The Balaban J connectivity index is 2.03. The second-order valence-electron chi connectivity index (χ2n) is 4.78. The van der Waals surface area contributed by atoms with Crippen LogP contribution in [0.15, 0.2) is 0 Å². The van der Waals surface area contributed by atoms with Gasteiger partial charge in [-0.25, -0.2) is 0 Å². The molecule has 78 valence electrons. The molecule has 13 heavy (non-hydrogen) atoms. The van der Waals surface area contributed by atoms with E-state index in [9.17, 15) is 0 Å². The van der Waals surface area contributed by atoms with Crippen molar-refractivity contribution < 1.29 is 0 Å². The van der Waals surface area contributed by atoms with E-state index in [0.717, 1.165) is 17.9 Å². The lowest BCUT2D eigenvalue weighted by atomic mass is 9.80. The van der Waals surface area contributed by atoms with Gasteiger partial charge in [-0.15, -0.1) is 0 Å². The zero-order chi connectivity index (χ0) is 9.68. The van der Waals surface area contributed by atoms with Crippen molar-refractivity contribution in [2.24, 2.45) is 11.8 Å². The van der Waals surface area contributed by atoms with Crippen LogP contribution in [0, 0.1) is 11.8 Å². The summed E-state index contributed by atoms with van der Waals surface area (Å²) in [6.45, 7) is 8.18. The van der Waals surface area contributed by atoms with E-state index in [1.54, 1.807) is 0 Å². The van der Waals surface area contributed by atoms with E-state index < -0.39 is 0 Å². The molecule has 1 heteroatoms. The van der Waals surface area contributed by atoms with Gasteiger partial charge in [0.1, 0.15) is 0 Å². The van der Waals surface area contributed by atoms with Gasteiger partial charge in [0.15, 0.2) is 0 Å². The summed E-state index contributed by atoms with van der Waals surface area (Å²) in [4.78, 5) is 0. The molecule has 2 atom stereocenters. The number of rotatable bonds is 6. The lowest BCUT2D eigenvalue weighted by Gasteiger charge is -2.32. The van der Waals surface area contributed by atoms with Crippen LogP contribution in [0.2, 0.25) is 0 Å². The van der Waals surface area contributed by atoms with E-state index in [-0.39, 0.29) is 0 Å². The molecule has 1 saturated carbocycles. The highest BCUT2D eigenvalue weighted by atomic mass is 14.9. The molecule has 1 rings (SSSR count). The van der Waals surface area contributed by atoms with Crippen molar-refractivity contribution in [2.75, 3.05) is 6.54 Å². The maximum atomic E-state index is 3.67. The third-order valence-corrected chi connectivity index (χ3v) is 3.43. The van der Waals surface area contributed by atoms with Crippen LogP contribution in [0.5, 0.6) is 0 Å². The third kappa shape index (κ3) is 3.68. The highest BCUT2D eigenvalue weighted by Gasteiger charge is 2.23. The molecule has 1 aliphatic carbocycles. The molecule has 0 aliphatic heterocycles. The van der Waals surface area contributed by atoms with Crippen molar-refractivity contribution in [1.29, 1.82) is 0 Å². The van der Waals surface area contributed by atoms with Gasteiger partial charge in [-0.05, 0) is 44.6 Å². The van der Waals surface area contributed by atoms with Crippen molar-refractivity contribution in [1.82, 2.24) is 5.32 Å². The minimum absolute atomic E-state index is 0.757. The van der Waals surface area contributed by atoms with Crippen LogP contribution in [0.3, 0.4) is 0 Å². The third-order valence-electron chi connectivity index (χ3n) is 3.43. The fraction of sp³-hybridized carbons (Fsp3) is 1.00. The summed E-state index contributed by atoms with van der Waals surface area (Å²) in [6, 6.07) is 0.757. The molecule has 1 aliphatic rings. The lowest BCUT2D eigenvalue weighted by molar-refractivity contribution is 0.234. The molecule has 1 nitrogen and oxygen atoms in total. The van der Waals surface area contributed by atoms with Crippen LogP contribution < -0.4 is 5.32 Å². The van der Waals surface area contributed by atoms with Crippen LogP contribution in [0.25, 0.3) is 0 Å². The first-order valence-corrected chi connectivity index (χ1v) is 5.97. The van der Waals surface area contributed by atoms with Gasteiger partial charge in [-0.2, -0.15) is 0 Å². The monoisotopic (exact) mass is 183 g/mol. The Hall–Kier alpha value is -0.0400. The van der Waals surface area contributed by atoms with Crippen molar-refractivity contribution >= 4 is 0 Å². The second kappa shape index (κ2) is 5.64. The average molecular weight is 183 g/mol. The molecule has 0 aromatic heterocycles. The SMILES string of the molecule is CCCC(C)CNC(C)C1CCC1. The number of hydrogen-bond acceptors (Lipinski definition) is 1. The van der Waals surface area contributed by atoms with Crippen LogP contribution in [-0.4, -0.2) is 12.6 Å². The molecule has 0 bridgehead atoms. The molecular weight excluding hydrogens is 158 g/mol. The summed E-state index contributed by atoms with van der Waals surface area (Å²) in [5, 5.41) is 3.67. The second-order valence-corrected chi connectivity index (χ2v) is 4.78. The van der Waals surface area contributed by atoms with Crippen molar-refractivity contribution in [3.05, 3.63) is 0 Å². The molecule has 1 N–H and O–H groups in total. The Kier molecular flexibility index (Phi) is 4.79. The fourth-order valence-corrected chi connectivity index (χ4v) is 2.09. The number of nitrogens with one attached hydrogen (secondary N) is 1. The minimum atomic E-state index is 0.757. The van der Waals surface area contributed by atoms with E-state index in [4.69, 9.17) is 0 Å². The van der Waals surface area contributed by atoms with E-state index in [2.05, 4.69) is 26.1 Å². The maximum Gasteiger partial charge on any atom is 0.00671 e. The molecule has 0 saturated heterocycles. The van der Waals surface area contributed by atoms with Gasteiger partial charge in [-0.3, -0.25) is 0 Å². The Bertz CT molecular complexity index is 129. The van der Waals surface area contributed by atoms with E-state index >= 15 is 0 Å². The zero-order valence-corrected chi connectivity index (χ0v) is 9.47. The largest absolute Gasteiger partial charge is 0.314 e. The highest BCUT2D eigenvalue weighted by Crippen LogP contribution is 2.29. The highest BCUT2D eigenvalue weighted by molar-refractivity contribution is 4.79. The quantitative estimate of drug-likeness (QED) is 0.667. The average Bonchev–Trinajstić information content (AvgIpc) is 1.98. The molecular formula is C12H25N.